The van der Waals surface area contributed by atoms with Crippen molar-refractivity contribution < 1.29 is 9.59 Å². The Labute approximate surface area is 226 Å². The molecule has 0 fully saturated rings. The van der Waals surface area contributed by atoms with Crippen LogP contribution >= 0.6 is 22.7 Å². The number of carbonyl (C=O) groups excluding carboxylic acids is 2. The van der Waals surface area contributed by atoms with Gasteiger partial charge in [-0.2, -0.15) is 0 Å². The first-order valence-electron chi connectivity index (χ1n) is 12.0. The SMILES string of the molecule is O=C1c2ccccc2NC(c2ccc(C3Nc4ccccc4C(=O)N3c3nccs3)cc2)N1c1nccs1. The molecule has 4 heterocycles. The van der Waals surface area contributed by atoms with Gasteiger partial charge in [-0.1, -0.05) is 48.5 Å². The van der Waals surface area contributed by atoms with E-state index in [9.17, 15) is 9.59 Å². The van der Waals surface area contributed by atoms with Crippen LogP contribution in [-0.2, 0) is 0 Å². The first-order valence-corrected chi connectivity index (χ1v) is 13.7. The molecule has 0 saturated heterocycles. The molecule has 2 N–H and O–H groups in total. The van der Waals surface area contributed by atoms with Crippen LogP contribution in [0.4, 0.5) is 21.6 Å². The minimum atomic E-state index is -0.436. The predicted molar refractivity (Wildman–Crippen MR) is 150 cm³/mol. The quantitative estimate of drug-likeness (QED) is 0.287. The summed E-state index contributed by atoms with van der Waals surface area (Å²) in [5, 5.41) is 12.0. The zero-order valence-electron chi connectivity index (χ0n) is 19.8. The second-order valence-electron chi connectivity index (χ2n) is 8.83. The third-order valence-corrected chi connectivity index (χ3v) is 8.21. The number of hydrogen-bond acceptors (Lipinski definition) is 8. The van der Waals surface area contributed by atoms with E-state index in [1.165, 1.54) is 22.7 Å². The lowest BCUT2D eigenvalue weighted by Gasteiger charge is -2.38. The fraction of sp³-hybridized carbons (Fsp3) is 0.0714. The molecule has 8 nitrogen and oxygen atoms in total. The van der Waals surface area contributed by atoms with Crippen molar-refractivity contribution in [2.45, 2.75) is 12.3 Å². The smallest absolute Gasteiger partial charge is 0.264 e. The Morgan fingerprint density at radius 2 is 1.03 bits per heavy atom. The molecule has 2 aromatic heterocycles. The monoisotopic (exact) mass is 536 g/mol. The summed E-state index contributed by atoms with van der Waals surface area (Å²) in [5.41, 5.74) is 4.58. The molecular formula is C28H20N6O2S2. The molecule has 3 aromatic carbocycles. The fourth-order valence-corrected chi connectivity index (χ4v) is 6.23. The van der Waals surface area contributed by atoms with Crippen molar-refractivity contribution in [2.75, 3.05) is 20.4 Å². The van der Waals surface area contributed by atoms with Crippen LogP contribution in [0.25, 0.3) is 0 Å². The van der Waals surface area contributed by atoms with Gasteiger partial charge < -0.3 is 10.6 Å². The van der Waals surface area contributed by atoms with Crippen molar-refractivity contribution in [2.24, 2.45) is 0 Å². The van der Waals surface area contributed by atoms with E-state index in [1.54, 1.807) is 22.2 Å². The molecule has 10 heteroatoms. The Hall–Kier alpha value is -4.54. The van der Waals surface area contributed by atoms with Crippen LogP contribution in [0.3, 0.4) is 0 Å². The van der Waals surface area contributed by atoms with Crippen LogP contribution in [0, 0.1) is 0 Å². The maximum absolute atomic E-state index is 13.5. The van der Waals surface area contributed by atoms with Crippen molar-refractivity contribution in [3.8, 4) is 0 Å². The molecule has 7 rings (SSSR count). The largest absolute Gasteiger partial charge is 0.360 e. The minimum absolute atomic E-state index is 0.102. The highest BCUT2D eigenvalue weighted by Crippen LogP contribution is 2.40. The molecule has 2 aliphatic heterocycles. The van der Waals surface area contributed by atoms with E-state index in [0.717, 1.165) is 22.5 Å². The molecule has 0 spiro atoms. The molecule has 0 radical (unpaired) electrons. The number of hydrogen-bond donors (Lipinski definition) is 2. The number of amides is 2. The van der Waals surface area contributed by atoms with Crippen molar-refractivity contribution in [1.82, 2.24) is 9.97 Å². The average Bonchev–Trinajstić information content (AvgIpc) is 3.68. The number of para-hydroxylation sites is 2. The van der Waals surface area contributed by atoms with Gasteiger partial charge in [0.25, 0.3) is 11.8 Å². The Morgan fingerprint density at radius 3 is 1.42 bits per heavy atom. The normalized spacial score (nSPS) is 18.4. The predicted octanol–water partition coefficient (Wildman–Crippen LogP) is 6.14. The molecule has 2 unspecified atom stereocenters. The first kappa shape index (κ1) is 22.6. The Kier molecular flexibility index (Phi) is 5.41. The van der Waals surface area contributed by atoms with Gasteiger partial charge in [0, 0.05) is 34.5 Å². The molecule has 38 heavy (non-hydrogen) atoms. The van der Waals surface area contributed by atoms with Crippen LogP contribution < -0.4 is 20.4 Å². The number of benzene rings is 3. The summed E-state index contributed by atoms with van der Waals surface area (Å²) in [7, 11) is 0. The third kappa shape index (κ3) is 3.65. The maximum Gasteiger partial charge on any atom is 0.264 e. The molecule has 186 valence electrons. The standard InChI is InChI=1S/C28H20N6O2S2/c35-25-19-5-1-3-7-21(19)31-23(33(25)27-29-13-15-37-27)17-9-11-18(12-10-17)24-32-22-8-4-2-6-20(22)26(36)34(24)28-30-14-16-38-28/h1-16,23-24,31-32H. The zero-order valence-corrected chi connectivity index (χ0v) is 21.4. The summed E-state index contributed by atoms with van der Waals surface area (Å²) in [4.78, 5) is 39.3. The highest BCUT2D eigenvalue weighted by molar-refractivity contribution is 7.14. The third-order valence-electron chi connectivity index (χ3n) is 6.67. The van der Waals surface area contributed by atoms with Crippen molar-refractivity contribution in [3.63, 3.8) is 0 Å². The maximum atomic E-state index is 13.5. The highest BCUT2D eigenvalue weighted by Gasteiger charge is 2.37. The zero-order chi connectivity index (χ0) is 25.6. The molecule has 2 aliphatic rings. The van der Waals surface area contributed by atoms with Crippen LogP contribution in [0.1, 0.15) is 44.2 Å². The van der Waals surface area contributed by atoms with Crippen LogP contribution in [0.5, 0.6) is 0 Å². The molecule has 2 atom stereocenters. The van der Waals surface area contributed by atoms with E-state index in [4.69, 9.17) is 0 Å². The second kappa shape index (κ2) is 9.09. The van der Waals surface area contributed by atoms with E-state index in [1.807, 2.05) is 83.6 Å². The topological polar surface area (TPSA) is 90.5 Å². The summed E-state index contributed by atoms with van der Waals surface area (Å²) in [6.07, 6.45) is 2.53. The molecule has 0 saturated carbocycles. The van der Waals surface area contributed by atoms with E-state index in [2.05, 4.69) is 20.6 Å². The van der Waals surface area contributed by atoms with Gasteiger partial charge in [-0.05, 0) is 35.4 Å². The Bertz CT molecular complexity index is 1510. The van der Waals surface area contributed by atoms with Gasteiger partial charge >= 0.3 is 0 Å². The average molecular weight is 537 g/mol. The number of rotatable bonds is 4. The van der Waals surface area contributed by atoms with Gasteiger partial charge in [0.15, 0.2) is 10.3 Å². The lowest BCUT2D eigenvalue weighted by Crippen LogP contribution is -2.43. The Balaban J connectivity index is 1.27. The molecule has 5 aromatic rings. The van der Waals surface area contributed by atoms with Crippen LogP contribution in [0.15, 0.2) is 96.0 Å². The van der Waals surface area contributed by atoms with E-state index in [-0.39, 0.29) is 11.8 Å². The number of anilines is 4. The van der Waals surface area contributed by atoms with Crippen molar-refractivity contribution in [1.29, 1.82) is 0 Å². The van der Waals surface area contributed by atoms with Crippen molar-refractivity contribution >= 4 is 56.1 Å². The van der Waals surface area contributed by atoms with Gasteiger partial charge in [0.2, 0.25) is 0 Å². The number of thiazole rings is 2. The van der Waals surface area contributed by atoms with E-state index in [0.29, 0.717) is 21.4 Å². The molecule has 0 aliphatic carbocycles. The molecule has 0 bridgehead atoms. The van der Waals surface area contributed by atoms with Crippen LogP contribution in [0.2, 0.25) is 0 Å². The number of aromatic nitrogens is 2. The summed E-state index contributed by atoms with van der Waals surface area (Å²) in [6, 6.07) is 23.0. The Morgan fingerprint density at radius 1 is 0.605 bits per heavy atom. The van der Waals surface area contributed by atoms with Gasteiger partial charge in [0.05, 0.1) is 11.1 Å². The van der Waals surface area contributed by atoms with Gasteiger partial charge in [-0.25, -0.2) is 9.97 Å². The van der Waals surface area contributed by atoms with Gasteiger partial charge in [-0.15, -0.1) is 22.7 Å². The summed E-state index contributed by atoms with van der Waals surface area (Å²) in [5.74, 6) is -0.205. The lowest BCUT2D eigenvalue weighted by atomic mass is 10.0. The lowest BCUT2D eigenvalue weighted by molar-refractivity contribution is 0.0966. The summed E-state index contributed by atoms with van der Waals surface area (Å²) < 4.78 is 0. The van der Waals surface area contributed by atoms with Crippen molar-refractivity contribution in [3.05, 3.63) is 118 Å². The number of carbonyl (C=O) groups is 2. The number of nitrogens with one attached hydrogen (secondary N) is 2. The fourth-order valence-electron chi connectivity index (χ4n) is 4.90. The van der Waals surface area contributed by atoms with Gasteiger partial charge in [0.1, 0.15) is 12.3 Å². The van der Waals surface area contributed by atoms with Crippen LogP contribution in [-0.4, -0.2) is 21.8 Å². The first-order chi connectivity index (χ1) is 18.7. The highest BCUT2D eigenvalue weighted by atomic mass is 32.1. The minimum Gasteiger partial charge on any atom is -0.360 e. The van der Waals surface area contributed by atoms with E-state index < -0.39 is 12.3 Å². The molecular weight excluding hydrogens is 516 g/mol. The number of nitrogens with zero attached hydrogens (tertiary/aromatic N) is 4. The van der Waals surface area contributed by atoms with Gasteiger partial charge in [-0.3, -0.25) is 19.4 Å². The second-order valence-corrected chi connectivity index (χ2v) is 10.6. The van der Waals surface area contributed by atoms with E-state index >= 15 is 0 Å². The number of fused-ring (bicyclic) bond motifs is 2. The summed E-state index contributed by atoms with van der Waals surface area (Å²) >= 11 is 2.84. The summed E-state index contributed by atoms with van der Waals surface area (Å²) in [6.45, 7) is 0. The molecule has 2 amide bonds.